The Morgan fingerprint density at radius 3 is 2.86 bits per heavy atom. The van der Waals surface area contributed by atoms with E-state index in [-0.39, 0.29) is 6.04 Å². The van der Waals surface area contributed by atoms with Gasteiger partial charge in [0.25, 0.3) is 0 Å². The topological polar surface area (TPSA) is 67.2 Å². The van der Waals surface area contributed by atoms with E-state index in [0.717, 1.165) is 11.3 Å². The van der Waals surface area contributed by atoms with E-state index in [0.29, 0.717) is 18.8 Å². The van der Waals surface area contributed by atoms with Crippen molar-refractivity contribution in [1.82, 2.24) is 15.1 Å². The average molecular weight is 195 g/mol. The van der Waals surface area contributed by atoms with Crippen molar-refractivity contribution < 1.29 is 9.90 Å². The Labute approximate surface area is 81.7 Å². The van der Waals surface area contributed by atoms with Crippen LogP contribution in [0.1, 0.15) is 41.6 Å². The fraction of sp³-hybridized carbons (Fsp3) is 0.556. The smallest absolute Gasteiger partial charge is 0.354 e. The summed E-state index contributed by atoms with van der Waals surface area (Å²) in [5, 5.41) is 16.5. The molecule has 5 heteroatoms. The number of aromatic carboxylic acids is 1. The number of fused-ring (bicyclic) bond motifs is 1. The Bertz CT molecular complexity index is 382. The second-order valence-corrected chi connectivity index (χ2v) is 3.72. The highest BCUT2D eigenvalue weighted by atomic mass is 16.4. The maximum absolute atomic E-state index is 11.1. The van der Waals surface area contributed by atoms with Crippen LogP contribution in [0.4, 0.5) is 0 Å². The van der Waals surface area contributed by atoms with Crippen LogP contribution in [0.3, 0.4) is 0 Å². The van der Waals surface area contributed by atoms with E-state index in [4.69, 9.17) is 5.11 Å². The van der Waals surface area contributed by atoms with Gasteiger partial charge in [0.1, 0.15) is 0 Å². The number of aromatic nitrogens is 2. The van der Waals surface area contributed by atoms with Crippen molar-refractivity contribution in [3.63, 3.8) is 0 Å². The van der Waals surface area contributed by atoms with Crippen LogP contribution in [-0.2, 0) is 13.1 Å². The SMILES string of the molecule is CC(C)n1nc2c(c1C(=O)O)CNC2. The van der Waals surface area contributed by atoms with Crippen LogP contribution in [-0.4, -0.2) is 20.9 Å². The molecule has 0 amide bonds. The standard InChI is InChI=1S/C9H13N3O2/c1-5(2)12-8(9(13)14)6-3-10-4-7(6)11-12/h5,10H,3-4H2,1-2H3,(H,13,14). The number of nitrogens with one attached hydrogen (secondary N) is 1. The molecule has 2 heterocycles. The van der Waals surface area contributed by atoms with E-state index >= 15 is 0 Å². The summed E-state index contributed by atoms with van der Waals surface area (Å²) in [5.41, 5.74) is 2.04. The van der Waals surface area contributed by atoms with Gasteiger partial charge in [-0.25, -0.2) is 4.79 Å². The lowest BCUT2D eigenvalue weighted by Gasteiger charge is -2.09. The summed E-state index contributed by atoms with van der Waals surface area (Å²) in [6.07, 6.45) is 0. The van der Waals surface area contributed by atoms with Gasteiger partial charge >= 0.3 is 5.97 Å². The van der Waals surface area contributed by atoms with Crippen LogP contribution >= 0.6 is 0 Å². The molecule has 0 unspecified atom stereocenters. The van der Waals surface area contributed by atoms with Crippen LogP contribution in [0.25, 0.3) is 0 Å². The predicted molar refractivity (Wildman–Crippen MR) is 50.1 cm³/mol. The van der Waals surface area contributed by atoms with Gasteiger partial charge in [0, 0.05) is 24.7 Å². The third kappa shape index (κ3) is 1.21. The van der Waals surface area contributed by atoms with E-state index in [2.05, 4.69) is 10.4 Å². The third-order valence-corrected chi connectivity index (χ3v) is 2.38. The molecule has 0 aromatic carbocycles. The molecule has 0 atom stereocenters. The normalized spacial score (nSPS) is 14.8. The minimum atomic E-state index is -0.892. The van der Waals surface area contributed by atoms with Gasteiger partial charge in [-0.1, -0.05) is 0 Å². The molecule has 76 valence electrons. The zero-order valence-corrected chi connectivity index (χ0v) is 8.24. The number of carboxylic acids is 1. The Morgan fingerprint density at radius 1 is 1.57 bits per heavy atom. The second-order valence-electron chi connectivity index (χ2n) is 3.72. The molecule has 2 rings (SSSR count). The number of carbonyl (C=O) groups is 1. The fourth-order valence-electron chi connectivity index (χ4n) is 1.75. The van der Waals surface area contributed by atoms with Gasteiger partial charge in [-0.2, -0.15) is 5.10 Å². The fourth-order valence-corrected chi connectivity index (χ4v) is 1.75. The molecule has 1 aliphatic rings. The van der Waals surface area contributed by atoms with Crippen molar-refractivity contribution in [2.24, 2.45) is 0 Å². The Balaban J connectivity index is 2.57. The molecule has 0 bridgehead atoms. The summed E-state index contributed by atoms with van der Waals surface area (Å²) in [4.78, 5) is 11.1. The molecule has 0 saturated heterocycles. The summed E-state index contributed by atoms with van der Waals surface area (Å²) in [6, 6.07) is 0.0895. The first-order valence-corrected chi connectivity index (χ1v) is 4.65. The van der Waals surface area contributed by atoms with E-state index in [9.17, 15) is 4.79 Å². The summed E-state index contributed by atoms with van der Waals surface area (Å²) >= 11 is 0. The highest BCUT2D eigenvalue weighted by molar-refractivity contribution is 5.88. The van der Waals surface area contributed by atoms with Crippen molar-refractivity contribution >= 4 is 5.97 Å². The van der Waals surface area contributed by atoms with E-state index in [1.807, 2.05) is 13.8 Å². The molecule has 1 aromatic heterocycles. The molecule has 1 aliphatic heterocycles. The Hall–Kier alpha value is -1.36. The number of hydrogen-bond donors (Lipinski definition) is 2. The molecule has 5 nitrogen and oxygen atoms in total. The molecule has 0 aliphatic carbocycles. The first-order chi connectivity index (χ1) is 6.61. The summed E-state index contributed by atoms with van der Waals surface area (Å²) < 4.78 is 1.59. The lowest BCUT2D eigenvalue weighted by atomic mass is 10.2. The van der Waals surface area contributed by atoms with Crippen LogP contribution in [0.15, 0.2) is 0 Å². The summed E-state index contributed by atoms with van der Waals surface area (Å²) in [6.45, 7) is 5.16. The minimum absolute atomic E-state index is 0.0895. The maximum atomic E-state index is 11.1. The van der Waals surface area contributed by atoms with Crippen molar-refractivity contribution in [3.05, 3.63) is 17.0 Å². The molecule has 0 fully saturated rings. The van der Waals surface area contributed by atoms with Crippen LogP contribution < -0.4 is 5.32 Å². The second kappa shape index (κ2) is 3.09. The van der Waals surface area contributed by atoms with E-state index in [1.165, 1.54) is 0 Å². The van der Waals surface area contributed by atoms with Crippen molar-refractivity contribution in [2.45, 2.75) is 33.0 Å². The van der Waals surface area contributed by atoms with Crippen LogP contribution in [0.2, 0.25) is 0 Å². The number of rotatable bonds is 2. The quantitative estimate of drug-likeness (QED) is 0.731. The van der Waals surface area contributed by atoms with Gasteiger partial charge in [0.15, 0.2) is 5.69 Å². The van der Waals surface area contributed by atoms with Gasteiger partial charge in [-0.05, 0) is 13.8 Å². The van der Waals surface area contributed by atoms with Gasteiger partial charge in [0.2, 0.25) is 0 Å². The van der Waals surface area contributed by atoms with Gasteiger partial charge in [0.05, 0.1) is 5.69 Å². The Kier molecular flexibility index (Phi) is 2.03. The molecule has 0 saturated carbocycles. The van der Waals surface area contributed by atoms with Gasteiger partial charge < -0.3 is 10.4 Å². The van der Waals surface area contributed by atoms with Gasteiger partial charge in [-0.15, -0.1) is 0 Å². The van der Waals surface area contributed by atoms with Crippen LogP contribution in [0, 0.1) is 0 Å². The first-order valence-electron chi connectivity index (χ1n) is 4.65. The highest BCUT2D eigenvalue weighted by Gasteiger charge is 2.26. The van der Waals surface area contributed by atoms with Crippen molar-refractivity contribution in [3.8, 4) is 0 Å². The molecular weight excluding hydrogens is 182 g/mol. The van der Waals surface area contributed by atoms with Gasteiger partial charge in [-0.3, -0.25) is 4.68 Å². The summed E-state index contributed by atoms with van der Waals surface area (Å²) in [5.74, 6) is -0.892. The molecule has 0 radical (unpaired) electrons. The predicted octanol–water partition coefficient (Wildman–Crippen LogP) is 0.765. The molecule has 0 spiro atoms. The largest absolute Gasteiger partial charge is 0.477 e. The maximum Gasteiger partial charge on any atom is 0.354 e. The number of carboxylic acid groups (broad SMARTS) is 1. The van der Waals surface area contributed by atoms with E-state index < -0.39 is 5.97 Å². The molecule has 14 heavy (non-hydrogen) atoms. The monoisotopic (exact) mass is 195 g/mol. The highest BCUT2D eigenvalue weighted by Crippen LogP contribution is 2.22. The number of nitrogens with zero attached hydrogens (tertiary/aromatic N) is 2. The number of hydrogen-bond acceptors (Lipinski definition) is 3. The van der Waals surface area contributed by atoms with Crippen molar-refractivity contribution in [2.75, 3.05) is 0 Å². The Morgan fingerprint density at radius 2 is 2.29 bits per heavy atom. The third-order valence-electron chi connectivity index (χ3n) is 2.38. The van der Waals surface area contributed by atoms with Crippen molar-refractivity contribution in [1.29, 1.82) is 0 Å². The molecular formula is C9H13N3O2. The molecule has 1 aromatic rings. The van der Waals surface area contributed by atoms with Crippen LogP contribution in [0.5, 0.6) is 0 Å². The first kappa shape index (κ1) is 9.21. The zero-order valence-electron chi connectivity index (χ0n) is 8.24. The zero-order chi connectivity index (χ0) is 10.3. The van der Waals surface area contributed by atoms with E-state index in [1.54, 1.807) is 4.68 Å². The molecule has 2 N–H and O–H groups in total. The average Bonchev–Trinajstić information content (AvgIpc) is 2.58. The lowest BCUT2D eigenvalue weighted by Crippen LogP contribution is -2.16. The summed E-state index contributed by atoms with van der Waals surface area (Å²) in [7, 11) is 0. The lowest BCUT2D eigenvalue weighted by molar-refractivity contribution is 0.0679. The minimum Gasteiger partial charge on any atom is -0.477 e.